The van der Waals surface area contributed by atoms with Gasteiger partial charge in [0.25, 0.3) is 0 Å². The van der Waals surface area contributed by atoms with Crippen LogP contribution in [-0.4, -0.2) is 4.98 Å². The first-order chi connectivity index (χ1) is 17.3. The van der Waals surface area contributed by atoms with Crippen LogP contribution in [0.15, 0.2) is 85.1 Å². The summed E-state index contributed by atoms with van der Waals surface area (Å²) in [6.07, 6.45) is 5.90. The van der Waals surface area contributed by atoms with E-state index in [4.69, 9.17) is 4.98 Å². The monoisotopic (exact) mass is 446 g/mol. The van der Waals surface area contributed by atoms with Crippen molar-refractivity contribution < 1.29 is 0 Å². The molecule has 0 fully saturated rings. The summed E-state index contributed by atoms with van der Waals surface area (Å²) < 4.78 is 0. The van der Waals surface area contributed by atoms with Crippen molar-refractivity contribution in [3.63, 3.8) is 0 Å². The van der Waals surface area contributed by atoms with Gasteiger partial charge in [-0.25, -0.2) is 0 Å². The zero-order valence-corrected chi connectivity index (χ0v) is 19.3. The fraction of sp³-hybridized carbons (Fsp3) is 0.121. The minimum atomic E-state index is 0.907. The van der Waals surface area contributed by atoms with Gasteiger partial charge in [-0.05, 0) is 92.2 Å². The smallest absolute Gasteiger partial charge is 0.0688 e. The number of aromatic nitrogens is 1. The second-order valence-electron chi connectivity index (χ2n) is 10.3. The lowest BCUT2D eigenvalue weighted by Gasteiger charge is -2.39. The molecule has 3 heterocycles. The molecule has 4 aromatic carbocycles. The molecule has 0 amide bonds. The number of para-hydroxylation sites is 1. The molecule has 0 unspecified atom stereocenters. The van der Waals surface area contributed by atoms with Crippen molar-refractivity contribution in [2.75, 3.05) is 4.90 Å². The van der Waals surface area contributed by atoms with E-state index < -0.39 is 0 Å². The van der Waals surface area contributed by atoms with Crippen molar-refractivity contribution in [2.45, 2.75) is 25.7 Å². The maximum atomic E-state index is 4.78. The van der Waals surface area contributed by atoms with E-state index in [0.29, 0.717) is 0 Å². The molecule has 4 aliphatic rings. The van der Waals surface area contributed by atoms with E-state index in [1.54, 1.807) is 0 Å². The third kappa shape index (κ3) is 2.23. The van der Waals surface area contributed by atoms with E-state index in [1.807, 2.05) is 6.20 Å². The lowest BCUT2D eigenvalue weighted by molar-refractivity contribution is 0.971. The van der Waals surface area contributed by atoms with Gasteiger partial charge in [0.05, 0.1) is 22.8 Å². The minimum Gasteiger partial charge on any atom is -0.308 e. The summed E-state index contributed by atoms with van der Waals surface area (Å²) in [6, 6.07) is 29.6. The van der Waals surface area contributed by atoms with E-state index in [2.05, 4.69) is 83.8 Å². The number of nitrogens with zero attached hydrogens (tertiary/aromatic N) is 2. The van der Waals surface area contributed by atoms with Gasteiger partial charge >= 0.3 is 0 Å². The Labute approximate surface area is 204 Å². The molecular weight excluding hydrogens is 424 g/mol. The van der Waals surface area contributed by atoms with Crippen molar-refractivity contribution >= 4 is 17.1 Å². The summed E-state index contributed by atoms with van der Waals surface area (Å²) in [7, 11) is 0. The third-order valence-electron chi connectivity index (χ3n) is 8.58. The van der Waals surface area contributed by atoms with E-state index in [9.17, 15) is 0 Å². The third-order valence-corrected chi connectivity index (χ3v) is 8.58. The average molecular weight is 447 g/mol. The van der Waals surface area contributed by atoms with Gasteiger partial charge in [-0.15, -0.1) is 0 Å². The van der Waals surface area contributed by atoms with Crippen molar-refractivity contribution in [1.29, 1.82) is 0 Å². The van der Waals surface area contributed by atoms with Crippen LogP contribution >= 0.6 is 0 Å². The van der Waals surface area contributed by atoms with Gasteiger partial charge in [0.2, 0.25) is 0 Å². The van der Waals surface area contributed by atoms with Gasteiger partial charge in [-0.1, -0.05) is 60.7 Å². The highest BCUT2D eigenvalue weighted by Gasteiger charge is 2.36. The summed E-state index contributed by atoms with van der Waals surface area (Å²) >= 11 is 0. The summed E-state index contributed by atoms with van der Waals surface area (Å²) in [6.45, 7) is 0. The molecule has 2 aliphatic carbocycles. The van der Waals surface area contributed by atoms with Crippen molar-refractivity contribution in [3.8, 4) is 22.3 Å². The SMILES string of the molecule is c1ccc2c(c1)Cc1c-2ccc2c1-c1c(ccc3c1Cc1cccc4c1N3c1cccnc1C4)C2. The van der Waals surface area contributed by atoms with Gasteiger partial charge in [0, 0.05) is 19.0 Å². The fourth-order valence-corrected chi connectivity index (χ4v) is 7.18. The lowest BCUT2D eigenvalue weighted by Crippen LogP contribution is -2.25. The molecule has 2 heteroatoms. The van der Waals surface area contributed by atoms with Gasteiger partial charge in [0.1, 0.15) is 0 Å². The molecule has 9 rings (SSSR count). The van der Waals surface area contributed by atoms with Crippen molar-refractivity contribution in [2.24, 2.45) is 0 Å². The molecule has 0 bridgehead atoms. The number of rotatable bonds is 0. The van der Waals surface area contributed by atoms with Gasteiger partial charge < -0.3 is 4.90 Å². The quantitative estimate of drug-likeness (QED) is 0.240. The molecule has 0 radical (unpaired) electrons. The number of hydrogen-bond acceptors (Lipinski definition) is 2. The Morgan fingerprint density at radius 1 is 0.514 bits per heavy atom. The van der Waals surface area contributed by atoms with Gasteiger partial charge in [-0.3, -0.25) is 4.98 Å². The minimum absolute atomic E-state index is 0.907. The van der Waals surface area contributed by atoms with Crippen LogP contribution in [0.25, 0.3) is 22.3 Å². The molecular formula is C33H22N2. The first kappa shape index (κ1) is 18.2. The highest BCUT2D eigenvalue weighted by atomic mass is 15.2. The van der Waals surface area contributed by atoms with Crippen molar-refractivity contribution in [3.05, 3.63) is 130 Å². The molecule has 2 aliphatic heterocycles. The molecule has 5 aromatic rings. The van der Waals surface area contributed by atoms with Crippen LogP contribution < -0.4 is 4.90 Å². The summed E-state index contributed by atoms with van der Waals surface area (Å²) in [5.74, 6) is 0. The van der Waals surface area contributed by atoms with Gasteiger partial charge in [-0.2, -0.15) is 0 Å². The summed E-state index contributed by atoms with van der Waals surface area (Å²) in [4.78, 5) is 7.29. The number of anilines is 3. The van der Waals surface area contributed by atoms with Gasteiger partial charge in [0.15, 0.2) is 0 Å². The predicted octanol–water partition coefficient (Wildman–Crippen LogP) is 7.50. The topological polar surface area (TPSA) is 16.1 Å². The van der Waals surface area contributed by atoms with Crippen molar-refractivity contribution in [1.82, 2.24) is 4.98 Å². The largest absolute Gasteiger partial charge is 0.308 e. The predicted molar refractivity (Wildman–Crippen MR) is 141 cm³/mol. The molecule has 0 saturated heterocycles. The normalized spacial score (nSPS) is 14.9. The Kier molecular flexibility index (Phi) is 3.27. The van der Waals surface area contributed by atoms with E-state index in [0.717, 1.165) is 25.7 Å². The Balaban J connectivity index is 1.33. The average Bonchev–Trinajstić information content (AvgIpc) is 3.47. The summed E-state index contributed by atoms with van der Waals surface area (Å²) in [5, 5.41) is 0. The van der Waals surface area contributed by atoms with Crippen LogP contribution in [0.1, 0.15) is 44.6 Å². The number of pyridine rings is 1. The maximum absolute atomic E-state index is 4.78. The summed E-state index contributed by atoms with van der Waals surface area (Å²) in [5.41, 5.74) is 21.2. The molecule has 0 N–H and O–H groups in total. The number of hydrogen-bond donors (Lipinski definition) is 0. The second kappa shape index (κ2) is 6.28. The number of fused-ring (bicyclic) bond motifs is 12. The van der Waals surface area contributed by atoms with E-state index in [-0.39, 0.29) is 0 Å². The number of benzene rings is 4. The van der Waals surface area contributed by atoms with E-state index >= 15 is 0 Å². The Morgan fingerprint density at radius 2 is 1.29 bits per heavy atom. The Morgan fingerprint density at radius 3 is 2.23 bits per heavy atom. The first-order valence-electron chi connectivity index (χ1n) is 12.6. The molecule has 0 atom stereocenters. The molecule has 164 valence electrons. The lowest BCUT2D eigenvalue weighted by atomic mass is 9.83. The molecule has 2 nitrogen and oxygen atoms in total. The van der Waals surface area contributed by atoms with Crippen LogP contribution in [0.5, 0.6) is 0 Å². The van der Waals surface area contributed by atoms with Crippen LogP contribution in [0.3, 0.4) is 0 Å². The van der Waals surface area contributed by atoms with E-state index in [1.165, 1.54) is 84.0 Å². The zero-order chi connectivity index (χ0) is 22.7. The van der Waals surface area contributed by atoms with Crippen LogP contribution in [0.4, 0.5) is 17.1 Å². The highest BCUT2D eigenvalue weighted by molar-refractivity contribution is 5.97. The van der Waals surface area contributed by atoms with Crippen LogP contribution in [0, 0.1) is 0 Å². The first-order valence-corrected chi connectivity index (χ1v) is 12.6. The Hall–Kier alpha value is -4.17. The zero-order valence-electron chi connectivity index (χ0n) is 19.3. The highest BCUT2D eigenvalue weighted by Crippen LogP contribution is 2.55. The molecule has 0 saturated carbocycles. The Bertz CT molecular complexity index is 1760. The molecule has 0 spiro atoms. The molecule has 1 aromatic heterocycles. The maximum Gasteiger partial charge on any atom is 0.0688 e. The standard InChI is InChI=1S/C33H22N2/c1-2-8-24-19(5-1)16-26-25(24)12-10-20-15-21-11-13-29-27(32(21)31(20)26)17-22-6-3-7-23-18-28-30(9-4-14-34-28)35(29)33(22)23/h1-14H,15-18H2. The fourth-order valence-electron chi connectivity index (χ4n) is 7.18. The van der Waals surface area contributed by atoms with Crippen LogP contribution in [-0.2, 0) is 25.7 Å². The second-order valence-corrected chi connectivity index (χ2v) is 10.3. The molecule has 35 heavy (non-hydrogen) atoms. The van der Waals surface area contributed by atoms with Crippen LogP contribution in [0.2, 0.25) is 0 Å².